The second-order valence-corrected chi connectivity index (χ2v) is 7.48. The molecule has 1 aliphatic heterocycles. The number of aromatic nitrogens is 2. The normalized spacial score (nSPS) is 12.8. The van der Waals surface area contributed by atoms with Crippen LogP contribution >= 0.6 is 15.9 Å². The molecule has 0 bridgehead atoms. The van der Waals surface area contributed by atoms with E-state index in [0.717, 1.165) is 43.9 Å². The maximum Gasteiger partial charge on any atom is 0.171 e. The highest BCUT2D eigenvalue weighted by atomic mass is 79.9. The molecule has 0 radical (unpaired) electrons. The van der Waals surface area contributed by atoms with Gasteiger partial charge in [0.2, 0.25) is 0 Å². The third-order valence-electron chi connectivity index (χ3n) is 4.11. The lowest BCUT2D eigenvalue weighted by molar-refractivity contribution is -0.698. The van der Waals surface area contributed by atoms with Crippen molar-refractivity contribution in [1.29, 1.82) is 0 Å². The van der Waals surface area contributed by atoms with Gasteiger partial charge >= 0.3 is 0 Å². The maximum atomic E-state index is 8.61. The van der Waals surface area contributed by atoms with Gasteiger partial charge in [-0.1, -0.05) is 23.4 Å². The number of hydrogen-bond acceptors (Lipinski definition) is 8. The van der Waals surface area contributed by atoms with Gasteiger partial charge < -0.3 is 54.4 Å². The molecule has 1 saturated heterocycles. The fraction of sp³-hybridized carbons (Fsp3) is 0.545. The molecule has 1 fully saturated rings. The highest BCUT2D eigenvalue weighted by molar-refractivity contribution is 9.09. The van der Waals surface area contributed by atoms with Gasteiger partial charge in [0.1, 0.15) is 6.61 Å². The van der Waals surface area contributed by atoms with Crippen molar-refractivity contribution in [3.8, 4) is 0 Å². The summed E-state index contributed by atoms with van der Waals surface area (Å²) < 4.78 is 1.87. The van der Waals surface area contributed by atoms with Gasteiger partial charge in [0.05, 0.1) is 13.2 Å². The van der Waals surface area contributed by atoms with E-state index in [1.54, 1.807) is 36.7 Å². The number of anilines is 2. The van der Waals surface area contributed by atoms with Gasteiger partial charge in [0.25, 0.3) is 0 Å². The van der Waals surface area contributed by atoms with Gasteiger partial charge in [0.15, 0.2) is 18.9 Å². The summed E-state index contributed by atoms with van der Waals surface area (Å²) in [5.74, 6) is 0. The monoisotopic (exact) mass is 596 g/mol. The van der Waals surface area contributed by atoms with E-state index < -0.39 is 0 Å². The van der Waals surface area contributed by atoms with Crippen LogP contribution in [0.3, 0.4) is 0 Å². The third-order valence-corrected chi connectivity index (χ3v) is 4.47. The lowest BCUT2D eigenvalue weighted by Crippen LogP contribution is -3.00. The second kappa shape index (κ2) is 25.3. The number of pyridine rings is 2. The first-order valence-corrected chi connectivity index (χ1v) is 11.4. The molecule has 3 rings (SSSR count). The van der Waals surface area contributed by atoms with E-state index in [4.69, 9.17) is 32.5 Å². The number of rotatable bonds is 5. The molecule has 3 heterocycles. The number of nitrogens with zero attached hydrogens (tertiary/aromatic N) is 3. The first-order chi connectivity index (χ1) is 15.0. The Morgan fingerprint density at radius 2 is 1.42 bits per heavy atom. The largest absolute Gasteiger partial charge is 1.00 e. The summed E-state index contributed by atoms with van der Waals surface area (Å²) in [7, 11) is 0. The predicted octanol–water partition coefficient (Wildman–Crippen LogP) is -2.37. The fourth-order valence-corrected chi connectivity index (χ4v) is 2.41. The van der Waals surface area contributed by atoms with Crippen LogP contribution in [0.5, 0.6) is 0 Å². The molecule has 0 saturated carbocycles. The summed E-state index contributed by atoms with van der Waals surface area (Å²) in [6.45, 7) is 4.22. The molecule has 1 aliphatic rings. The van der Waals surface area contributed by atoms with Gasteiger partial charge in [-0.15, -0.1) is 0 Å². The van der Waals surface area contributed by atoms with Gasteiger partial charge in [0, 0.05) is 53.8 Å². The molecule has 33 heavy (non-hydrogen) atoms. The van der Waals surface area contributed by atoms with Crippen LogP contribution in [-0.2, 0) is 6.54 Å². The Morgan fingerprint density at radius 3 is 1.79 bits per heavy atom. The highest BCUT2D eigenvalue weighted by Crippen LogP contribution is 2.06. The molecule has 2 aromatic heterocycles. The summed E-state index contributed by atoms with van der Waals surface area (Å²) in [6.07, 6.45) is 9.17. The number of alkyl halides is 1. The number of nitrogens with two attached hydrogens (primary N) is 3. The Bertz CT molecular complexity index is 632. The number of hydrogen-bond donors (Lipinski definition) is 6. The molecule has 0 aliphatic carbocycles. The molecule has 11 heteroatoms. The van der Waals surface area contributed by atoms with Crippen molar-refractivity contribution in [2.24, 2.45) is 5.73 Å². The van der Waals surface area contributed by atoms with E-state index in [1.807, 2.05) is 17.0 Å². The molecule has 9 N–H and O–H groups in total. The zero-order valence-corrected chi connectivity index (χ0v) is 21.6. The van der Waals surface area contributed by atoms with E-state index in [1.165, 1.54) is 0 Å². The molecular formula is C22H42Br2N6O3. The molecule has 0 amide bonds. The summed E-state index contributed by atoms with van der Waals surface area (Å²) in [5.41, 5.74) is 18.0. The average Bonchev–Trinajstić information content (AvgIpc) is 2.79. The van der Waals surface area contributed by atoms with E-state index >= 15 is 0 Å². The summed E-state index contributed by atoms with van der Waals surface area (Å²) in [6, 6.07) is 7.50. The zero-order chi connectivity index (χ0) is 23.3. The Morgan fingerprint density at radius 1 is 0.939 bits per heavy atom. The zero-order valence-electron chi connectivity index (χ0n) is 18.4. The second-order valence-electron chi connectivity index (χ2n) is 6.69. The van der Waals surface area contributed by atoms with E-state index in [2.05, 4.69) is 25.8 Å². The summed E-state index contributed by atoms with van der Waals surface area (Å²) >= 11 is 3.00. The minimum absolute atomic E-state index is 0. The number of aliphatic hydroxyl groups excluding tert-OH is 3. The number of nitrogen functional groups attached to an aromatic ring is 2. The van der Waals surface area contributed by atoms with Gasteiger partial charge in [-0.3, -0.25) is 4.98 Å². The van der Waals surface area contributed by atoms with Crippen molar-refractivity contribution in [3.05, 3.63) is 49.1 Å². The van der Waals surface area contributed by atoms with Crippen LogP contribution in [-0.4, -0.2) is 76.0 Å². The van der Waals surface area contributed by atoms with E-state index in [-0.39, 0.29) is 44.2 Å². The minimum Gasteiger partial charge on any atom is -1.00 e. The molecule has 0 spiro atoms. The molecule has 0 aromatic carbocycles. The first kappa shape index (κ1) is 36.2. The molecule has 192 valence electrons. The van der Waals surface area contributed by atoms with Crippen molar-refractivity contribution in [2.45, 2.75) is 32.9 Å². The van der Waals surface area contributed by atoms with Gasteiger partial charge in [-0.25, -0.2) is 4.57 Å². The fourth-order valence-electron chi connectivity index (χ4n) is 2.41. The smallest absolute Gasteiger partial charge is 0.171 e. The SMILES string of the molecule is C.NC1CCN(CCO)CC1.Nc1cc[n+](CCO)cc1.Nc1ccncc1.OCCBr.[Br-]. The van der Waals surface area contributed by atoms with Gasteiger partial charge in [-0.05, 0) is 38.1 Å². The maximum absolute atomic E-state index is 8.61. The van der Waals surface area contributed by atoms with Crippen molar-refractivity contribution < 1.29 is 36.9 Å². The molecule has 0 atom stereocenters. The number of β-amino-alcohol motifs (C(OH)–C–C–N with tert-alkyl or cyclic N) is 1. The standard InChI is InChI=1S/C7H16N2O.C7H10N2O.C5H6N2.C2H5BrO.CH4.BrH/c2*8-7-1-3-9(4-2-7)5-6-10;6-5-1-3-7-4-2-5;3-1-2-4;;/h7,10H,1-6,8H2;1-4,8,10H,5-6H2;1-4H,(H2,6,7);4H,1-2H2;1H4;1H. The van der Waals surface area contributed by atoms with Crippen LogP contribution in [0.2, 0.25) is 0 Å². The minimum atomic E-state index is 0. The van der Waals surface area contributed by atoms with Crippen LogP contribution < -0.4 is 38.7 Å². The highest BCUT2D eigenvalue weighted by Gasteiger charge is 2.14. The van der Waals surface area contributed by atoms with Crippen LogP contribution in [0.1, 0.15) is 20.3 Å². The third kappa shape index (κ3) is 22.2. The molecular weight excluding hydrogens is 556 g/mol. The Kier molecular flexibility index (Phi) is 27.8. The molecule has 9 nitrogen and oxygen atoms in total. The summed E-state index contributed by atoms with van der Waals surface area (Å²) in [5, 5.41) is 25.7. The number of aliphatic hydroxyl groups is 3. The average molecular weight is 598 g/mol. The lowest BCUT2D eigenvalue weighted by atomic mass is 10.1. The van der Waals surface area contributed by atoms with Crippen molar-refractivity contribution in [1.82, 2.24) is 9.88 Å². The molecule has 0 unspecified atom stereocenters. The lowest BCUT2D eigenvalue weighted by Gasteiger charge is -2.29. The molecule has 2 aromatic rings. The van der Waals surface area contributed by atoms with Crippen LogP contribution in [0.15, 0.2) is 49.1 Å². The first-order valence-electron chi connectivity index (χ1n) is 10.2. The Hall–Kier alpha value is -1.34. The van der Waals surface area contributed by atoms with E-state index in [9.17, 15) is 0 Å². The topological polar surface area (TPSA) is 159 Å². The van der Waals surface area contributed by atoms with Gasteiger partial charge in [-0.2, -0.15) is 0 Å². The van der Waals surface area contributed by atoms with Crippen LogP contribution in [0, 0.1) is 0 Å². The summed E-state index contributed by atoms with van der Waals surface area (Å²) in [4.78, 5) is 6.02. The van der Waals surface area contributed by atoms with Crippen LogP contribution in [0.25, 0.3) is 0 Å². The number of halogens is 2. The van der Waals surface area contributed by atoms with Crippen molar-refractivity contribution in [3.63, 3.8) is 0 Å². The number of likely N-dealkylation sites (tertiary alicyclic amines) is 1. The van der Waals surface area contributed by atoms with E-state index in [0.29, 0.717) is 17.9 Å². The quantitative estimate of drug-likeness (QED) is 0.165. The van der Waals surface area contributed by atoms with Crippen molar-refractivity contribution >= 4 is 27.3 Å². The predicted molar refractivity (Wildman–Crippen MR) is 135 cm³/mol. The number of piperidine rings is 1. The Labute approximate surface area is 217 Å². The Balaban J connectivity index is -0.000000373. The van der Waals surface area contributed by atoms with Crippen molar-refractivity contribution in [2.75, 3.05) is 56.3 Å². The van der Waals surface area contributed by atoms with Crippen LogP contribution in [0.4, 0.5) is 11.4 Å².